The maximum atomic E-state index is 12.0. The molecule has 0 saturated carbocycles. The van der Waals surface area contributed by atoms with Crippen LogP contribution < -0.4 is 4.72 Å². The number of carboxylic acid groups (broad SMARTS) is 1. The zero-order valence-corrected chi connectivity index (χ0v) is 12.5. The van der Waals surface area contributed by atoms with Gasteiger partial charge in [0.15, 0.2) is 0 Å². The standard InChI is InChI=1S/C13H20N2O4S/c1-11-3-5-12(6-4-11)20(18,19)14-8-10-15(2)9-7-13(16)17/h3-6,14H,7-10H2,1-2H3,(H,16,17). The highest BCUT2D eigenvalue weighted by molar-refractivity contribution is 7.89. The van der Waals surface area contributed by atoms with E-state index in [1.807, 2.05) is 6.92 Å². The van der Waals surface area contributed by atoms with E-state index in [4.69, 9.17) is 5.11 Å². The number of carbonyl (C=O) groups is 1. The summed E-state index contributed by atoms with van der Waals surface area (Å²) in [6.07, 6.45) is 0.0429. The Labute approximate surface area is 119 Å². The summed E-state index contributed by atoms with van der Waals surface area (Å²) in [7, 11) is -1.74. The van der Waals surface area contributed by atoms with Crippen LogP contribution in [0.4, 0.5) is 0 Å². The van der Waals surface area contributed by atoms with Crippen molar-refractivity contribution in [3.63, 3.8) is 0 Å². The van der Waals surface area contributed by atoms with Crippen LogP contribution >= 0.6 is 0 Å². The molecule has 0 heterocycles. The van der Waals surface area contributed by atoms with Crippen molar-refractivity contribution in [2.24, 2.45) is 0 Å². The summed E-state index contributed by atoms with van der Waals surface area (Å²) in [6.45, 7) is 2.98. The van der Waals surface area contributed by atoms with E-state index in [0.717, 1.165) is 5.56 Å². The smallest absolute Gasteiger partial charge is 0.304 e. The van der Waals surface area contributed by atoms with Crippen molar-refractivity contribution in [3.8, 4) is 0 Å². The Hall–Kier alpha value is -1.44. The lowest BCUT2D eigenvalue weighted by Gasteiger charge is -2.15. The van der Waals surface area contributed by atoms with E-state index in [2.05, 4.69) is 4.72 Å². The number of likely N-dealkylation sites (N-methyl/N-ethyl adjacent to an activating group) is 1. The van der Waals surface area contributed by atoms with Gasteiger partial charge in [0.2, 0.25) is 10.0 Å². The first-order valence-electron chi connectivity index (χ1n) is 6.28. The molecule has 6 nitrogen and oxygen atoms in total. The molecule has 0 aliphatic carbocycles. The van der Waals surface area contributed by atoms with E-state index in [1.54, 1.807) is 36.2 Å². The third kappa shape index (κ3) is 5.68. The molecule has 0 atom stereocenters. The molecule has 0 aromatic heterocycles. The first-order valence-corrected chi connectivity index (χ1v) is 7.76. The van der Waals surface area contributed by atoms with Crippen molar-refractivity contribution < 1.29 is 18.3 Å². The number of aryl methyl sites for hydroxylation is 1. The van der Waals surface area contributed by atoms with Gasteiger partial charge in [0.05, 0.1) is 11.3 Å². The fourth-order valence-corrected chi connectivity index (χ4v) is 2.59. The van der Waals surface area contributed by atoms with Gasteiger partial charge in [-0.15, -0.1) is 0 Å². The maximum Gasteiger partial charge on any atom is 0.304 e. The van der Waals surface area contributed by atoms with E-state index in [0.29, 0.717) is 13.1 Å². The molecule has 0 aliphatic heterocycles. The molecule has 0 bridgehead atoms. The zero-order chi connectivity index (χ0) is 15.2. The van der Waals surface area contributed by atoms with Crippen molar-refractivity contribution >= 4 is 16.0 Å². The minimum absolute atomic E-state index is 0.0429. The first kappa shape index (κ1) is 16.6. The molecule has 1 aromatic rings. The number of nitrogens with zero attached hydrogens (tertiary/aromatic N) is 1. The van der Waals surface area contributed by atoms with Gasteiger partial charge in [-0.1, -0.05) is 17.7 Å². The predicted octanol–water partition coefficient (Wildman–Crippen LogP) is 0.680. The predicted molar refractivity (Wildman–Crippen MR) is 76.1 cm³/mol. The molecule has 0 spiro atoms. The van der Waals surface area contributed by atoms with Gasteiger partial charge < -0.3 is 10.0 Å². The van der Waals surface area contributed by atoms with Crippen LogP contribution in [0.25, 0.3) is 0 Å². The number of nitrogens with one attached hydrogen (secondary N) is 1. The van der Waals surface area contributed by atoms with Crippen molar-refractivity contribution in [1.29, 1.82) is 0 Å². The van der Waals surface area contributed by atoms with Crippen molar-refractivity contribution in [2.45, 2.75) is 18.2 Å². The van der Waals surface area contributed by atoms with Crippen LogP contribution in [0.1, 0.15) is 12.0 Å². The molecule has 1 rings (SSSR count). The highest BCUT2D eigenvalue weighted by atomic mass is 32.2. The first-order chi connectivity index (χ1) is 9.31. The van der Waals surface area contributed by atoms with Crippen molar-refractivity contribution in [3.05, 3.63) is 29.8 Å². The molecule has 1 aromatic carbocycles. The molecule has 0 amide bonds. The zero-order valence-electron chi connectivity index (χ0n) is 11.7. The lowest BCUT2D eigenvalue weighted by Crippen LogP contribution is -2.33. The van der Waals surface area contributed by atoms with Crippen LogP contribution in [0.2, 0.25) is 0 Å². The van der Waals surface area contributed by atoms with E-state index < -0.39 is 16.0 Å². The van der Waals surface area contributed by atoms with Gasteiger partial charge in [-0.3, -0.25) is 4.79 Å². The molecule has 0 radical (unpaired) electrons. The number of hydrogen-bond acceptors (Lipinski definition) is 4. The second-order valence-electron chi connectivity index (χ2n) is 4.66. The van der Waals surface area contributed by atoms with Crippen LogP contribution in [0.3, 0.4) is 0 Å². The third-order valence-corrected chi connectivity index (χ3v) is 4.30. The van der Waals surface area contributed by atoms with Crippen LogP contribution in [-0.4, -0.2) is 51.1 Å². The number of hydrogen-bond donors (Lipinski definition) is 2. The fourth-order valence-electron chi connectivity index (χ4n) is 1.57. The average Bonchev–Trinajstić information content (AvgIpc) is 2.36. The molecule has 0 aliphatic rings. The molecular weight excluding hydrogens is 280 g/mol. The normalized spacial score (nSPS) is 11.8. The molecule has 0 unspecified atom stereocenters. The topological polar surface area (TPSA) is 86.7 Å². The monoisotopic (exact) mass is 300 g/mol. The average molecular weight is 300 g/mol. The largest absolute Gasteiger partial charge is 0.481 e. The SMILES string of the molecule is Cc1ccc(S(=O)(=O)NCCN(C)CCC(=O)O)cc1. The molecule has 0 fully saturated rings. The Morgan fingerprint density at radius 2 is 1.85 bits per heavy atom. The Morgan fingerprint density at radius 3 is 2.40 bits per heavy atom. The summed E-state index contributed by atoms with van der Waals surface area (Å²) < 4.78 is 26.4. The van der Waals surface area contributed by atoms with Gasteiger partial charge in [-0.2, -0.15) is 0 Å². The summed E-state index contributed by atoms with van der Waals surface area (Å²) in [5.74, 6) is -0.864. The number of carboxylic acids is 1. The van der Waals surface area contributed by atoms with Crippen molar-refractivity contribution in [1.82, 2.24) is 9.62 Å². The molecule has 7 heteroatoms. The summed E-state index contributed by atoms with van der Waals surface area (Å²) in [5, 5.41) is 8.55. The quantitative estimate of drug-likeness (QED) is 0.737. The lowest BCUT2D eigenvalue weighted by molar-refractivity contribution is -0.137. The van der Waals surface area contributed by atoms with Crippen LogP contribution in [-0.2, 0) is 14.8 Å². The van der Waals surface area contributed by atoms with Crippen molar-refractivity contribution in [2.75, 3.05) is 26.7 Å². The van der Waals surface area contributed by atoms with Gasteiger partial charge in [-0.25, -0.2) is 13.1 Å². The number of sulfonamides is 1. The fraction of sp³-hybridized carbons (Fsp3) is 0.462. The summed E-state index contributed by atoms with van der Waals surface area (Å²) in [5.41, 5.74) is 0.998. The Bertz CT molecular complexity index is 540. The van der Waals surface area contributed by atoms with E-state index in [1.165, 1.54) is 0 Å². The Kier molecular flexibility index (Phi) is 6.12. The second kappa shape index (κ2) is 7.37. The van der Waals surface area contributed by atoms with E-state index >= 15 is 0 Å². The minimum atomic E-state index is -3.50. The molecule has 2 N–H and O–H groups in total. The van der Waals surface area contributed by atoms with E-state index in [9.17, 15) is 13.2 Å². The number of aliphatic carboxylic acids is 1. The van der Waals surface area contributed by atoms with Crippen LogP contribution in [0, 0.1) is 6.92 Å². The Morgan fingerprint density at radius 1 is 1.25 bits per heavy atom. The third-order valence-electron chi connectivity index (χ3n) is 2.82. The highest BCUT2D eigenvalue weighted by Gasteiger charge is 2.13. The van der Waals surface area contributed by atoms with E-state index in [-0.39, 0.29) is 17.9 Å². The number of benzene rings is 1. The number of rotatable bonds is 8. The lowest BCUT2D eigenvalue weighted by atomic mass is 10.2. The van der Waals surface area contributed by atoms with Gasteiger partial charge in [0.1, 0.15) is 0 Å². The highest BCUT2D eigenvalue weighted by Crippen LogP contribution is 2.09. The molecule has 0 saturated heterocycles. The van der Waals surface area contributed by atoms with Gasteiger partial charge in [0.25, 0.3) is 0 Å². The maximum absolute atomic E-state index is 12.0. The van der Waals surface area contributed by atoms with Crippen LogP contribution in [0.5, 0.6) is 0 Å². The second-order valence-corrected chi connectivity index (χ2v) is 6.42. The van der Waals surface area contributed by atoms with Gasteiger partial charge in [0, 0.05) is 19.6 Å². The Balaban J connectivity index is 2.44. The summed E-state index contributed by atoms with van der Waals surface area (Å²) in [4.78, 5) is 12.4. The summed E-state index contributed by atoms with van der Waals surface area (Å²) in [6, 6.07) is 6.61. The van der Waals surface area contributed by atoms with Gasteiger partial charge in [-0.05, 0) is 26.1 Å². The summed E-state index contributed by atoms with van der Waals surface area (Å²) >= 11 is 0. The molecule has 112 valence electrons. The van der Waals surface area contributed by atoms with Gasteiger partial charge >= 0.3 is 5.97 Å². The molecule has 20 heavy (non-hydrogen) atoms. The molecular formula is C13H20N2O4S. The van der Waals surface area contributed by atoms with Crippen LogP contribution in [0.15, 0.2) is 29.2 Å². The minimum Gasteiger partial charge on any atom is -0.481 e.